The Labute approximate surface area is 128 Å². The Kier molecular flexibility index (Phi) is 4.53. The Morgan fingerprint density at radius 2 is 1.80 bits per heavy atom. The summed E-state index contributed by atoms with van der Waals surface area (Å²) in [5.74, 6) is -0.0337. The maximum atomic E-state index is 7.67. The van der Waals surface area contributed by atoms with Crippen molar-refractivity contribution in [2.45, 2.75) is 6.54 Å². The lowest BCUT2D eigenvalue weighted by atomic mass is 10.1. The van der Waals surface area contributed by atoms with Crippen LogP contribution in [0, 0.1) is 5.41 Å². The normalized spacial score (nSPS) is 10.3. The number of benzene rings is 2. The Morgan fingerprint density at radius 1 is 1.15 bits per heavy atom. The zero-order valence-electron chi connectivity index (χ0n) is 11.0. The summed E-state index contributed by atoms with van der Waals surface area (Å²) in [7, 11) is 1.94. The monoisotopic (exact) mass is 307 g/mol. The number of hydrogen-bond acceptors (Lipinski definition) is 2. The summed E-state index contributed by atoms with van der Waals surface area (Å²) in [6, 6.07) is 13.1. The van der Waals surface area contributed by atoms with Crippen LogP contribution in [0.2, 0.25) is 10.0 Å². The van der Waals surface area contributed by atoms with Crippen LogP contribution in [0.1, 0.15) is 11.1 Å². The maximum Gasteiger partial charge on any atom is 0.126 e. The number of nitrogens with two attached hydrogens (primary N) is 1. The van der Waals surface area contributed by atoms with Gasteiger partial charge in [0.2, 0.25) is 0 Å². The SMILES string of the molecule is CN(Cc1ccc(Cl)cc1)c1cccc(Cl)c1C(=N)N. The number of nitrogens with one attached hydrogen (secondary N) is 1. The quantitative estimate of drug-likeness (QED) is 0.664. The van der Waals surface area contributed by atoms with E-state index >= 15 is 0 Å². The average Bonchev–Trinajstić information content (AvgIpc) is 2.40. The first-order chi connectivity index (χ1) is 9.49. The lowest BCUT2D eigenvalue weighted by Crippen LogP contribution is -2.22. The van der Waals surface area contributed by atoms with Crippen molar-refractivity contribution in [3.63, 3.8) is 0 Å². The predicted molar refractivity (Wildman–Crippen MR) is 86.0 cm³/mol. The Morgan fingerprint density at radius 3 is 2.40 bits per heavy atom. The summed E-state index contributed by atoms with van der Waals surface area (Å²) in [6.07, 6.45) is 0. The van der Waals surface area contributed by atoms with Crippen LogP contribution in [0.25, 0.3) is 0 Å². The van der Waals surface area contributed by atoms with E-state index in [0.29, 0.717) is 22.2 Å². The maximum absolute atomic E-state index is 7.67. The summed E-state index contributed by atoms with van der Waals surface area (Å²) in [4.78, 5) is 2.01. The van der Waals surface area contributed by atoms with E-state index in [1.165, 1.54) is 0 Å². The van der Waals surface area contributed by atoms with Crippen molar-refractivity contribution in [1.82, 2.24) is 0 Å². The molecule has 2 aromatic carbocycles. The molecule has 0 atom stereocenters. The van der Waals surface area contributed by atoms with Gasteiger partial charge in [0.25, 0.3) is 0 Å². The third-order valence-corrected chi connectivity index (χ3v) is 3.57. The molecule has 5 heteroatoms. The second-order valence-corrected chi connectivity index (χ2v) is 5.37. The van der Waals surface area contributed by atoms with E-state index < -0.39 is 0 Å². The highest BCUT2D eigenvalue weighted by atomic mass is 35.5. The van der Waals surface area contributed by atoms with E-state index in [9.17, 15) is 0 Å². The third kappa shape index (κ3) is 3.24. The molecule has 0 bridgehead atoms. The molecule has 0 aliphatic carbocycles. The van der Waals surface area contributed by atoms with E-state index in [1.54, 1.807) is 6.07 Å². The summed E-state index contributed by atoms with van der Waals surface area (Å²) >= 11 is 12.0. The topological polar surface area (TPSA) is 53.1 Å². The van der Waals surface area contributed by atoms with Crippen LogP contribution in [-0.2, 0) is 6.54 Å². The van der Waals surface area contributed by atoms with Crippen molar-refractivity contribution in [3.05, 3.63) is 63.6 Å². The number of nitrogen functional groups attached to an aromatic ring is 1. The predicted octanol–water partition coefficient (Wildman–Crippen LogP) is 3.91. The number of nitrogens with zero attached hydrogens (tertiary/aromatic N) is 1. The second-order valence-electron chi connectivity index (χ2n) is 4.53. The number of amidine groups is 1. The molecule has 0 aromatic heterocycles. The van der Waals surface area contributed by atoms with Gasteiger partial charge in [0.15, 0.2) is 0 Å². The van der Waals surface area contributed by atoms with Crippen molar-refractivity contribution in [1.29, 1.82) is 5.41 Å². The van der Waals surface area contributed by atoms with Gasteiger partial charge in [-0.3, -0.25) is 5.41 Å². The van der Waals surface area contributed by atoms with Crippen LogP contribution in [0.4, 0.5) is 5.69 Å². The smallest absolute Gasteiger partial charge is 0.126 e. The highest BCUT2D eigenvalue weighted by molar-refractivity contribution is 6.34. The van der Waals surface area contributed by atoms with Crippen LogP contribution >= 0.6 is 23.2 Å². The summed E-state index contributed by atoms with van der Waals surface area (Å²) in [5, 5.41) is 8.86. The van der Waals surface area contributed by atoms with E-state index in [0.717, 1.165) is 11.3 Å². The summed E-state index contributed by atoms with van der Waals surface area (Å²) in [5.41, 5.74) is 8.13. The lowest BCUT2D eigenvalue weighted by molar-refractivity contribution is 0.921. The van der Waals surface area contributed by atoms with Crippen molar-refractivity contribution in [2.24, 2.45) is 5.73 Å². The molecule has 0 fully saturated rings. The third-order valence-electron chi connectivity index (χ3n) is 3.01. The van der Waals surface area contributed by atoms with Gasteiger partial charge in [-0.15, -0.1) is 0 Å². The molecule has 0 saturated carbocycles. The van der Waals surface area contributed by atoms with E-state index in [4.69, 9.17) is 34.3 Å². The van der Waals surface area contributed by atoms with Gasteiger partial charge in [-0.2, -0.15) is 0 Å². The first-order valence-corrected chi connectivity index (χ1v) is 6.83. The number of anilines is 1. The molecule has 0 unspecified atom stereocenters. The number of halogens is 2. The highest BCUT2D eigenvalue weighted by Gasteiger charge is 2.13. The van der Waals surface area contributed by atoms with Gasteiger partial charge in [0.1, 0.15) is 5.84 Å². The Hall–Kier alpha value is -1.71. The minimum atomic E-state index is -0.0337. The minimum Gasteiger partial charge on any atom is -0.384 e. The summed E-state index contributed by atoms with van der Waals surface area (Å²) in [6.45, 7) is 0.678. The molecule has 3 nitrogen and oxygen atoms in total. The van der Waals surface area contributed by atoms with Crippen molar-refractivity contribution < 1.29 is 0 Å². The lowest BCUT2D eigenvalue weighted by Gasteiger charge is -2.23. The summed E-state index contributed by atoms with van der Waals surface area (Å²) < 4.78 is 0. The van der Waals surface area contributed by atoms with E-state index in [2.05, 4.69) is 0 Å². The van der Waals surface area contributed by atoms with E-state index in [-0.39, 0.29) is 5.84 Å². The van der Waals surface area contributed by atoms with E-state index in [1.807, 2.05) is 48.3 Å². The molecular weight excluding hydrogens is 293 g/mol. The fourth-order valence-electron chi connectivity index (χ4n) is 2.05. The fraction of sp³-hybridized carbons (Fsp3) is 0.133. The van der Waals surface area contributed by atoms with Gasteiger partial charge < -0.3 is 10.6 Å². The molecule has 104 valence electrons. The molecule has 0 aliphatic heterocycles. The molecular formula is C15H15Cl2N3. The minimum absolute atomic E-state index is 0.0337. The zero-order chi connectivity index (χ0) is 14.7. The molecule has 0 heterocycles. The van der Waals surface area contributed by atoms with Gasteiger partial charge in [0, 0.05) is 24.3 Å². The van der Waals surface area contributed by atoms with Crippen molar-refractivity contribution in [3.8, 4) is 0 Å². The molecule has 0 radical (unpaired) electrons. The van der Waals surface area contributed by atoms with Gasteiger partial charge >= 0.3 is 0 Å². The molecule has 20 heavy (non-hydrogen) atoms. The molecule has 2 aromatic rings. The molecule has 2 rings (SSSR count). The van der Waals surface area contributed by atoms with Crippen LogP contribution in [0.3, 0.4) is 0 Å². The molecule has 0 aliphatic rings. The molecule has 0 amide bonds. The molecule has 0 saturated heterocycles. The largest absolute Gasteiger partial charge is 0.384 e. The number of rotatable bonds is 4. The standard InChI is InChI=1S/C15H15Cl2N3/c1-20(9-10-5-7-11(16)8-6-10)13-4-2-3-12(17)14(13)15(18)19/h2-8H,9H2,1H3,(H3,18,19). The molecule has 3 N–H and O–H groups in total. The Bertz CT molecular complexity index is 624. The van der Waals surface area contributed by atoms with Crippen LogP contribution in [0.5, 0.6) is 0 Å². The highest BCUT2D eigenvalue weighted by Crippen LogP contribution is 2.27. The van der Waals surface area contributed by atoms with Crippen LogP contribution in [0.15, 0.2) is 42.5 Å². The first kappa shape index (κ1) is 14.7. The Balaban J connectivity index is 2.29. The van der Waals surface area contributed by atoms with Gasteiger partial charge in [0.05, 0.1) is 10.6 Å². The van der Waals surface area contributed by atoms with Gasteiger partial charge in [-0.05, 0) is 29.8 Å². The zero-order valence-corrected chi connectivity index (χ0v) is 12.5. The number of hydrogen-bond donors (Lipinski definition) is 2. The first-order valence-electron chi connectivity index (χ1n) is 6.07. The fourth-order valence-corrected chi connectivity index (χ4v) is 2.44. The second kappa shape index (κ2) is 6.16. The van der Waals surface area contributed by atoms with Crippen LogP contribution in [-0.4, -0.2) is 12.9 Å². The van der Waals surface area contributed by atoms with Crippen molar-refractivity contribution in [2.75, 3.05) is 11.9 Å². The van der Waals surface area contributed by atoms with Gasteiger partial charge in [-0.25, -0.2) is 0 Å². The molecule has 0 spiro atoms. The van der Waals surface area contributed by atoms with Gasteiger partial charge in [-0.1, -0.05) is 41.4 Å². The van der Waals surface area contributed by atoms with Crippen molar-refractivity contribution >= 4 is 34.7 Å². The van der Waals surface area contributed by atoms with Crippen LogP contribution < -0.4 is 10.6 Å². The average molecular weight is 308 g/mol.